The van der Waals surface area contributed by atoms with Crippen molar-refractivity contribution in [1.29, 1.82) is 0 Å². The second-order valence-electron chi connectivity index (χ2n) is 17.2. The predicted octanol–water partition coefficient (Wildman–Crippen LogP) is 14.6. The number of nitrogens with one attached hydrogen (secondary N) is 1. The molecule has 0 aliphatic carbocycles. The molecule has 1 amide bonds. The van der Waals surface area contributed by atoms with E-state index in [1.54, 1.807) is 0 Å². The van der Waals surface area contributed by atoms with E-state index in [0.29, 0.717) is 19.3 Å². The van der Waals surface area contributed by atoms with E-state index in [2.05, 4.69) is 38.2 Å². The first-order valence-corrected chi connectivity index (χ1v) is 24.9. The Morgan fingerprint density at radius 1 is 0.500 bits per heavy atom. The molecule has 6 heteroatoms. The van der Waals surface area contributed by atoms with E-state index in [0.717, 1.165) is 57.8 Å². The Labute approximate surface area is 349 Å². The lowest BCUT2D eigenvalue weighted by Gasteiger charge is -2.24. The lowest BCUT2D eigenvalue weighted by atomic mass is 10.0. The second-order valence-corrected chi connectivity index (χ2v) is 17.2. The van der Waals surface area contributed by atoms with Gasteiger partial charge in [0.25, 0.3) is 0 Å². The lowest BCUT2D eigenvalue weighted by molar-refractivity contribution is -0.151. The van der Waals surface area contributed by atoms with E-state index < -0.39 is 18.2 Å². The number of esters is 1. The van der Waals surface area contributed by atoms with Crippen molar-refractivity contribution < 1.29 is 24.5 Å². The van der Waals surface area contributed by atoms with Crippen LogP contribution in [0, 0.1) is 0 Å². The van der Waals surface area contributed by atoms with Gasteiger partial charge in [-0.25, -0.2) is 0 Å². The van der Waals surface area contributed by atoms with Gasteiger partial charge in [0.05, 0.1) is 25.2 Å². The van der Waals surface area contributed by atoms with Crippen LogP contribution in [0.25, 0.3) is 0 Å². The van der Waals surface area contributed by atoms with Gasteiger partial charge in [-0.15, -0.1) is 0 Å². The van der Waals surface area contributed by atoms with Crippen LogP contribution < -0.4 is 5.32 Å². The zero-order chi connectivity index (χ0) is 41.0. The van der Waals surface area contributed by atoms with Gasteiger partial charge in [0.1, 0.15) is 6.10 Å². The standard InChI is InChI=1S/C50H97NO5/c1-4-7-10-13-16-19-22-23-24-25-26-28-30-33-36-39-42-48(53)47(45-52)51-49(54)44-46(41-38-35-32-29-27-20-17-14-11-8-5-2)56-50(55)43-40-37-34-31-21-18-15-12-9-6-3/h12,15,46-48,52-53H,4-11,13-14,16-45H2,1-3H3,(H,51,54)/b15-12-. The number of allylic oxidation sites excluding steroid dienone is 2. The quantitative estimate of drug-likeness (QED) is 0.0324. The molecular weight excluding hydrogens is 695 g/mol. The Morgan fingerprint density at radius 3 is 1.34 bits per heavy atom. The van der Waals surface area contributed by atoms with Crippen molar-refractivity contribution in [3.8, 4) is 0 Å². The average molecular weight is 792 g/mol. The van der Waals surface area contributed by atoms with Gasteiger partial charge in [-0.2, -0.15) is 0 Å². The van der Waals surface area contributed by atoms with E-state index in [1.165, 1.54) is 167 Å². The third-order valence-corrected chi connectivity index (χ3v) is 11.6. The summed E-state index contributed by atoms with van der Waals surface area (Å²) in [6.07, 6.45) is 48.4. The Balaban J connectivity index is 4.45. The Kier molecular flexibility index (Phi) is 43.6. The topological polar surface area (TPSA) is 95.9 Å². The molecule has 0 bridgehead atoms. The van der Waals surface area contributed by atoms with Crippen molar-refractivity contribution in [3.05, 3.63) is 12.2 Å². The second kappa shape index (κ2) is 44.7. The summed E-state index contributed by atoms with van der Waals surface area (Å²) in [4.78, 5) is 26.0. The molecule has 0 aromatic carbocycles. The van der Waals surface area contributed by atoms with Gasteiger partial charge in [-0.3, -0.25) is 9.59 Å². The molecule has 0 radical (unpaired) electrons. The number of aliphatic hydroxyl groups excluding tert-OH is 2. The monoisotopic (exact) mass is 792 g/mol. The fourth-order valence-electron chi connectivity index (χ4n) is 7.79. The maximum atomic E-state index is 13.1. The number of ether oxygens (including phenoxy) is 1. The first-order chi connectivity index (χ1) is 27.5. The molecule has 3 N–H and O–H groups in total. The molecule has 0 aromatic rings. The molecule has 56 heavy (non-hydrogen) atoms. The number of carbonyl (C=O) groups excluding carboxylic acids is 2. The third-order valence-electron chi connectivity index (χ3n) is 11.6. The molecule has 0 aromatic heterocycles. The fraction of sp³-hybridized carbons (Fsp3) is 0.920. The smallest absolute Gasteiger partial charge is 0.306 e. The summed E-state index contributed by atoms with van der Waals surface area (Å²) in [7, 11) is 0. The average Bonchev–Trinajstić information content (AvgIpc) is 3.19. The van der Waals surface area contributed by atoms with E-state index in [4.69, 9.17) is 4.74 Å². The zero-order valence-electron chi connectivity index (χ0n) is 37.8. The van der Waals surface area contributed by atoms with Crippen molar-refractivity contribution >= 4 is 11.9 Å². The van der Waals surface area contributed by atoms with Crippen molar-refractivity contribution in [1.82, 2.24) is 5.32 Å². The van der Waals surface area contributed by atoms with Crippen molar-refractivity contribution in [3.63, 3.8) is 0 Å². The van der Waals surface area contributed by atoms with Gasteiger partial charge >= 0.3 is 5.97 Å². The maximum absolute atomic E-state index is 13.1. The summed E-state index contributed by atoms with van der Waals surface area (Å²) >= 11 is 0. The number of unbranched alkanes of at least 4 members (excludes halogenated alkanes) is 31. The number of carbonyl (C=O) groups is 2. The van der Waals surface area contributed by atoms with Gasteiger partial charge in [0.2, 0.25) is 5.91 Å². The minimum atomic E-state index is -0.782. The molecule has 332 valence electrons. The van der Waals surface area contributed by atoms with Gasteiger partial charge in [0, 0.05) is 6.42 Å². The highest BCUT2D eigenvalue weighted by Gasteiger charge is 2.24. The number of hydrogen-bond acceptors (Lipinski definition) is 5. The fourth-order valence-corrected chi connectivity index (χ4v) is 7.79. The molecule has 0 spiro atoms. The predicted molar refractivity (Wildman–Crippen MR) is 241 cm³/mol. The van der Waals surface area contributed by atoms with Crippen LogP contribution in [0.2, 0.25) is 0 Å². The van der Waals surface area contributed by atoms with Crippen LogP contribution in [0.4, 0.5) is 0 Å². The highest BCUT2D eigenvalue weighted by molar-refractivity contribution is 5.77. The third kappa shape index (κ3) is 39.4. The molecule has 3 unspecified atom stereocenters. The minimum absolute atomic E-state index is 0.0807. The van der Waals surface area contributed by atoms with E-state index >= 15 is 0 Å². The summed E-state index contributed by atoms with van der Waals surface area (Å²) < 4.78 is 5.90. The summed E-state index contributed by atoms with van der Waals surface area (Å²) in [5.41, 5.74) is 0. The van der Waals surface area contributed by atoms with Gasteiger partial charge in [-0.1, -0.05) is 226 Å². The number of amides is 1. The van der Waals surface area contributed by atoms with Crippen LogP contribution in [0.3, 0.4) is 0 Å². The Bertz CT molecular complexity index is 847. The number of aliphatic hydroxyl groups is 2. The van der Waals surface area contributed by atoms with Crippen molar-refractivity contribution in [2.24, 2.45) is 0 Å². The van der Waals surface area contributed by atoms with Crippen LogP contribution >= 0.6 is 0 Å². The van der Waals surface area contributed by atoms with Gasteiger partial charge in [0.15, 0.2) is 0 Å². The van der Waals surface area contributed by atoms with E-state index in [1.807, 2.05) is 0 Å². The number of rotatable bonds is 45. The summed E-state index contributed by atoms with van der Waals surface area (Å²) in [5, 5.41) is 23.7. The summed E-state index contributed by atoms with van der Waals surface area (Å²) in [6, 6.07) is -0.695. The molecule has 0 heterocycles. The van der Waals surface area contributed by atoms with Crippen LogP contribution in [-0.4, -0.2) is 46.9 Å². The summed E-state index contributed by atoms with van der Waals surface area (Å²) in [5.74, 6) is -0.473. The SMILES string of the molecule is CCC/C=C\CCCCCCCC(=O)OC(CCCCCCCCCCCCC)CC(=O)NC(CO)C(O)CCCCCCCCCCCCCCCCCC. The van der Waals surface area contributed by atoms with Crippen LogP contribution in [0.5, 0.6) is 0 Å². The van der Waals surface area contributed by atoms with Crippen LogP contribution in [0.15, 0.2) is 12.2 Å². The largest absolute Gasteiger partial charge is 0.462 e. The first kappa shape index (κ1) is 54.6. The highest BCUT2D eigenvalue weighted by atomic mass is 16.5. The highest BCUT2D eigenvalue weighted by Crippen LogP contribution is 2.18. The van der Waals surface area contributed by atoms with Crippen molar-refractivity contribution in [2.45, 2.75) is 289 Å². The summed E-state index contributed by atoms with van der Waals surface area (Å²) in [6.45, 7) is 6.43. The normalized spacial score (nSPS) is 13.3. The van der Waals surface area contributed by atoms with Crippen molar-refractivity contribution in [2.75, 3.05) is 6.61 Å². The lowest BCUT2D eigenvalue weighted by Crippen LogP contribution is -2.46. The molecule has 3 atom stereocenters. The number of hydrogen-bond donors (Lipinski definition) is 3. The molecule has 0 saturated heterocycles. The Morgan fingerprint density at radius 2 is 0.893 bits per heavy atom. The molecule has 0 aliphatic rings. The maximum Gasteiger partial charge on any atom is 0.306 e. The molecule has 6 nitrogen and oxygen atoms in total. The van der Waals surface area contributed by atoms with Crippen LogP contribution in [-0.2, 0) is 14.3 Å². The molecular formula is C50H97NO5. The minimum Gasteiger partial charge on any atom is -0.462 e. The molecule has 0 aliphatic heterocycles. The Hall–Kier alpha value is -1.40. The molecule has 0 saturated carbocycles. The van der Waals surface area contributed by atoms with Gasteiger partial charge < -0.3 is 20.3 Å². The van der Waals surface area contributed by atoms with Gasteiger partial charge in [-0.05, 0) is 44.9 Å². The van der Waals surface area contributed by atoms with E-state index in [9.17, 15) is 19.8 Å². The molecule has 0 fully saturated rings. The van der Waals surface area contributed by atoms with Crippen LogP contribution in [0.1, 0.15) is 271 Å². The zero-order valence-corrected chi connectivity index (χ0v) is 37.8. The molecule has 0 rings (SSSR count). The van der Waals surface area contributed by atoms with E-state index in [-0.39, 0.29) is 24.9 Å². The first-order valence-electron chi connectivity index (χ1n) is 24.9.